The van der Waals surface area contributed by atoms with Gasteiger partial charge in [0.1, 0.15) is 0 Å². The van der Waals surface area contributed by atoms with Crippen LogP contribution in [0.5, 0.6) is 0 Å². The molecule has 0 aromatic heterocycles. The highest BCUT2D eigenvalue weighted by atomic mass is 16.5. The second-order valence-corrected chi connectivity index (χ2v) is 5.28. The zero-order chi connectivity index (χ0) is 12.0. The molecule has 1 saturated heterocycles. The Morgan fingerprint density at radius 3 is 2.50 bits per heavy atom. The van der Waals surface area contributed by atoms with E-state index in [0.717, 1.165) is 32.1 Å². The summed E-state index contributed by atoms with van der Waals surface area (Å²) in [6.45, 7) is 9.36. The van der Waals surface area contributed by atoms with Gasteiger partial charge in [0.2, 0.25) is 0 Å². The van der Waals surface area contributed by atoms with Crippen LogP contribution in [0.15, 0.2) is 0 Å². The largest absolute Gasteiger partial charge is 0.381 e. The van der Waals surface area contributed by atoms with Crippen LogP contribution in [0, 0.1) is 5.92 Å². The molecule has 3 heteroatoms. The first kappa shape index (κ1) is 13.9. The van der Waals surface area contributed by atoms with Crippen LogP contribution in [0.25, 0.3) is 0 Å². The molecule has 1 fully saturated rings. The Hall–Kier alpha value is -0.120. The van der Waals surface area contributed by atoms with Crippen molar-refractivity contribution in [1.82, 2.24) is 5.32 Å². The fourth-order valence-corrected chi connectivity index (χ4v) is 2.40. The Balaban J connectivity index is 2.51. The van der Waals surface area contributed by atoms with Gasteiger partial charge < -0.3 is 14.8 Å². The molecule has 1 aliphatic heterocycles. The molecule has 3 nitrogen and oxygen atoms in total. The average molecular weight is 229 g/mol. The Morgan fingerprint density at radius 2 is 2.00 bits per heavy atom. The van der Waals surface area contributed by atoms with Crippen molar-refractivity contribution in [2.45, 2.75) is 51.7 Å². The summed E-state index contributed by atoms with van der Waals surface area (Å²) < 4.78 is 11.0. The van der Waals surface area contributed by atoms with Crippen molar-refractivity contribution >= 4 is 0 Å². The molecule has 1 aliphatic rings. The monoisotopic (exact) mass is 229 g/mol. The first-order chi connectivity index (χ1) is 7.59. The van der Waals surface area contributed by atoms with E-state index in [4.69, 9.17) is 9.47 Å². The number of ether oxygens (including phenoxy) is 2. The van der Waals surface area contributed by atoms with Gasteiger partial charge in [-0.2, -0.15) is 0 Å². The molecule has 16 heavy (non-hydrogen) atoms. The summed E-state index contributed by atoms with van der Waals surface area (Å²) in [6.07, 6.45) is 3.43. The minimum atomic E-state index is -0.0366. The van der Waals surface area contributed by atoms with Crippen LogP contribution in [-0.4, -0.2) is 38.5 Å². The first-order valence-electron chi connectivity index (χ1n) is 6.45. The van der Waals surface area contributed by atoms with Crippen molar-refractivity contribution in [3.05, 3.63) is 0 Å². The molecule has 0 amide bonds. The van der Waals surface area contributed by atoms with Gasteiger partial charge in [-0.25, -0.2) is 0 Å². The van der Waals surface area contributed by atoms with Crippen molar-refractivity contribution in [2.24, 2.45) is 5.92 Å². The number of hydrogen-bond donors (Lipinski definition) is 1. The highest BCUT2D eigenvalue weighted by Gasteiger charge is 2.29. The lowest BCUT2D eigenvalue weighted by atomic mass is 9.85. The summed E-state index contributed by atoms with van der Waals surface area (Å²) in [7, 11) is 1.80. The molecule has 96 valence electrons. The lowest BCUT2D eigenvalue weighted by Crippen LogP contribution is -2.44. The topological polar surface area (TPSA) is 30.5 Å². The minimum Gasteiger partial charge on any atom is -0.381 e. The maximum Gasteiger partial charge on any atom is 0.0637 e. The lowest BCUT2D eigenvalue weighted by Gasteiger charge is -2.35. The van der Waals surface area contributed by atoms with E-state index in [9.17, 15) is 0 Å². The Bertz CT molecular complexity index is 188. The molecule has 0 aliphatic carbocycles. The molecule has 0 aromatic carbocycles. The van der Waals surface area contributed by atoms with Gasteiger partial charge in [-0.05, 0) is 45.6 Å². The van der Waals surface area contributed by atoms with E-state index in [-0.39, 0.29) is 5.60 Å². The fraction of sp³-hybridized carbons (Fsp3) is 1.00. The van der Waals surface area contributed by atoms with Crippen LogP contribution in [0.3, 0.4) is 0 Å². The predicted molar refractivity (Wildman–Crippen MR) is 66.7 cm³/mol. The van der Waals surface area contributed by atoms with Gasteiger partial charge in [-0.15, -0.1) is 0 Å². The van der Waals surface area contributed by atoms with Crippen LogP contribution in [0.1, 0.15) is 40.0 Å². The average Bonchev–Trinajstić information content (AvgIpc) is 2.29. The van der Waals surface area contributed by atoms with Gasteiger partial charge >= 0.3 is 0 Å². The molecule has 0 aromatic rings. The summed E-state index contributed by atoms with van der Waals surface area (Å²) in [5, 5.41) is 3.61. The standard InChI is InChI=1S/C13H27NO2/c1-5-14-12(10-13(2,3)15-4)11-6-8-16-9-7-11/h11-12,14H,5-10H2,1-4H3. The van der Waals surface area contributed by atoms with E-state index in [1.54, 1.807) is 7.11 Å². The molecule has 1 atom stereocenters. The summed E-state index contributed by atoms with van der Waals surface area (Å²) in [6, 6.07) is 0.559. The Kier molecular flexibility index (Phi) is 5.73. The molecule has 1 heterocycles. The van der Waals surface area contributed by atoms with Gasteiger partial charge in [-0.3, -0.25) is 0 Å². The predicted octanol–water partition coefficient (Wildman–Crippen LogP) is 2.21. The van der Waals surface area contributed by atoms with Crippen molar-refractivity contribution in [2.75, 3.05) is 26.9 Å². The summed E-state index contributed by atoms with van der Waals surface area (Å²) in [5.74, 6) is 0.739. The number of rotatable bonds is 6. The van der Waals surface area contributed by atoms with Crippen LogP contribution in [0.2, 0.25) is 0 Å². The van der Waals surface area contributed by atoms with Gasteiger partial charge in [0.05, 0.1) is 5.60 Å². The third-order valence-electron chi connectivity index (χ3n) is 3.57. The molecule has 0 saturated carbocycles. The van der Waals surface area contributed by atoms with Crippen molar-refractivity contribution in [3.8, 4) is 0 Å². The van der Waals surface area contributed by atoms with Gasteiger partial charge in [-0.1, -0.05) is 6.92 Å². The SMILES string of the molecule is CCNC(CC(C)(C)OC)C1CCOCC1. The molecular formula is C13H27NO2. The molecule has 1 rings (SSSR count). The smallest absolute Gasteiger partial charge is 0.0637 e. The zero-order valence-electron chi connectivity index (χ0n) is 11.2. The molecule has 0 radical (unpaired) electrons. The van der Waals surface area contributed by atoms with E-state index in [1.165, 1.54) is 12.8 Å². The van der Waals surface area contributed by atoms with E-state index in [1.807, 2.05) is 0 Å². The number of methoxy groups -OCH3 is 1. The van der Waals surface area contributed by atoms with Crippen LogP contribution < -0.4 is 5.32 Å². The van der Waals surface area contributed by atoms with Crippen molar-refractivity contribution < 1.29 is 9.47 Å². The molecular weight excluding hydrogens is 202 g/mol. The molecule has 0 bridgehead atoms. The third-order valence-corrected chi connectivity index (χ3v) is 3.57. The molecule has 0 spiro atoms. The minimum absolute atomic E-state index is 0.0366. The van der Waals surface area contributed by atoms with Crippen molar-refractivity contribution in [1.29, 1.82) is 0 Å². The summed E-state index contributed by atoms with van der Waals surface area (Å²) in [4.78, 5) is 0. The second kappa shape index (κ2) is 6.58. The summed E-state index contributed by atoms with van der Waals surface area (Å²) >= 11 is 0. The highest BCUT2D eigenvalue weighted by Crippen LogP contribution is 2.26. The first-order valence-corrected chi connectivity index (χ1v) is 6.45. The molecule has 1 unspecified atom stereocenters. The highest BCUT2D eigenvalue weighted by molar-refractivity contribution is 4.84. The van der Waals surface area contributed by atoms with Crippen LogP contribution in [0.4, 0.5) is 0 Å². The fourth-order valence-electron chi connectivity index (χ4n) is 2.40. The molecule has 1 N–H and O–H groups in total. The normalized spacial score (nSPS) is 21.0. The van der Waals surface area contributed by atoms with Crippen LogP contribution in [-0.2, 0) is 9.47 Å². The van der Waals surface area contributed by atoms with Gasteiger partial charge in [0, 0.05) is 26.4 Å². The quantitative estimate of drug-likeness (QED) is 0.757. The maximum atomic E-state index is 5.53. The van der Waals surface area contributed by atoms with E-state index < -0.39 is 0 Å². The number of nitrogens with one attached hydrogen (secondary N) is 1. The number of hydrogen-bond acceptors (Lipinski definition) is 3. The van der Waals surface area contributed by atoms with E-state index in [2.05, 4.69) is 26.1 Å². The summed E-state index contributed by atoms with van der Waals surface area (Å²) in [5.41, 5.74) is -0.0366. The van der Waals surface area contributed by atoms with E-state index >= 15 is 0 Å². The van der Waals surface area contributed by atoms with Gasteiger partial charge in [0.25, 0.3) is 0 Å². The second-order valence-electron chi connectivity index (χ2n) is 5.28. The zero-order valence-corrected chi connectivity index (χ0v) is 11.2. The van der Waals surface area contributed by atoms with Gasteiger partial charge in [0.15, 0.2) is 0 Å². The van der Waals surface area contributed by atoms with Crippen molar-refractivity contribution in [3.63, 3.8) is 0 Å². The lowest BCUT2D eigenvalue weighted by molar-refractivity contribution is -0.0104. The maximum absolute atomic E-state index is 5.53. The van der Waals surface area contributed by atoms with Crippen LogP contribution >= 0.6 is 0 Å². The van der Waals surface area contributed by atoms with E-state index in [0.29, 0.717) is 6.04 Å². The Labute approximate surface area is 99.9 Å². The third kappa shape index (κ3) is 4.40. The Morgan fingerprint density at radius 1 is 1.38 bits per heavy atom.